The molecule has 2 atom stereocenters. The Morgan fingerprint density at radius 1 is 0.885 bits per heavy atom. The van der Waals surface area contributed by atoms with Crippen molar-refractivity contribution < 1.29 is 19.8 Å². The first-order valence-electron chi connectivity index (χ1n) is 7.65. The van der Waals surface area contributed by atoms with E-state index in [0.717, 1.165) is 11.1 Å². The molecule has 0 bridgehead atoms. The number of halogens is 2. The maximum atomic E-state index is 10.4. The lowest BCUT2D eigenvalue weighted by molar-refractivity contribution is -0.139. The van der Waals surface area contributed by atoms with Gasteiger partial charge in [0.25, 0.3) is 0 Å². The van der Waals surface area contributed by atoms with Crippen molar-refractivity contribution in [3.05, 3.63) is 69.7 Å². The molecule has 2 rings (SSSR count). The van der Waals surface area contributed by atoms with Gasteiger partial charge in [0.05, 0.1) is 0 Å². The summed E-state index contributed by atoms with van der Waals surface area (Å²) in [4.78, 5) is 20.9. The summed E-state index contributed by atoms with van der Waals surface area (Å²) < 4.78 is 0. The zero-order valence-corrected chi connectivity index (χ0v) is 15.3. The molecule has 26 heavy (non-hydrogen) atoms. The highest BCUT2D eigenvalue weighted by atomic mass is 35.5. The van der Waals surface area contributed by atoms with Gasteiger partial charge in [0.1, 0.15) is 12.1 Å². The highest BCUT2D eigenvalue weighted by Gasteiger charge is 2.13. The van der Waals surface area contributed by atoms with Gasteiger partial charge < -0.3 is 21.7 Å². The monoisotopic (exact) mass is 398 g/mol. The van der Waals surface area contributed by atoms with Gasteiger partial charge >= 0.3 is 11.9 Å². The Morgan fingerprint density at radius 3 is 2.00 bits per heavy atom. The molecule has 0 fully saturated rings. The van der Waals surface area contributed by atoms with Crippen LogP contribution in [0.25, 0.3) is 0 Å². The summed E-state index contributed by atoms with van der Waals surface area (Å²) in [6, 6.07) is 12.3. The van der Waals surface area contributed by atoms with Crippen LogP contribution in [0.4, 0.5) is 0 Å². The van der Waals surface area contributed by atoms with E-state index in [1.54, 1.807) is 48.5 Å². The van der Waals surface area contributed by atoms with Crippen LogP contribution in [0, 0.1) is 0 Å². The summed E-state index contributed by atoms with van der Waals surface area (Å²) in [5, 5.41) is 18.3. The highest BCUT2D eigenvalue weighted by Crippen LogP contribution is 2.16. The summed E-state index contributed by atoms with van der Waals surface area (Å²) in [6.07, 6.45) is 0.560. The fraction of sp³-hybridized carbons (Fsp3) is 0.222. The van der Waals surface area contributed by atoms with Crippen LogP contribution in [-0.2, 0) is 22.4 Å². The lowest BCUT2D eigenvalue weighted by atomic mass is 10.1. The van der Waals surface area contributed by atoms with Crippen LogP contribution >= 0.6 is 23.2 Å². The standard InChI is InChI=1S/2C9H10ClNO2/c10-7-3-1-2-6(4-7)5-8(11)9(12)13;10-7-4-2-1-3-6(7)5-8(11)9(12)13/h2*1-4,8H,5,11H2,(H,12,13)/t2*8-/m00/s1. The van der Waals surface area contributed by atoms with Gasteiger partial charge in [-0.2, -0.15) is 0 Å². The molecule has 2 aromatic carbocycles. The molecule has 140 valence electrons. The molecule has 0 saturated carbocycles. The Labute approximate surface area is 161 Å². The van der Waals surface area contributed by atoms with E-state index in [0.29, 0.717) is 16.5 Å². The van der Waals surface area contributed by atoms with Gasteiger partial charge in [-0.25, -0.2) is 0 Å². The predicted molar refractivity (Wildman–Crippen MR) is 102 cm³/mol. The molecule has 0 aromatic heterocycles. The molecule has 0 amide bonds. The number of hydrogen-bond acceptors (Lipinski definition) is 4. The van der Waals surface area contributed by atoms with Gasteiger partial charge in [-0.1, -0.05) is 53.5 Å². The number of carboxylic acids is 2. The molecule has 0 aliphatic carbocycles. The molecule has 8 heteroatoms. The molecule has 2 aromatic rings. The SMILES string of the molecule is N[C@@H](Cc1cccc(Cl)c1)C(=O)O.N[C@@H](Cc1ccccc1Cl)C(=O)O. The first-order valence-corrected chi connectivity index (χ1v) is 8.41. The first kappa shape index (κ1) is 21.9. The van der Waals surface area contributed by atoms with Gasteiger partial charge in [-0.15, -0.1) is 0 Å². The normalized spacial score (nSPS) is 12.5. The number of aliphatic carboxylic acids is 2. The van der Waals surface area contributed by atoms with Crippen LogP contribution in [-0.4, -0.2) is 34.2 Å². The van der Waals surface area contributed by atoms with Crippen molar-refractivity contribution in [1.82, 2.24) is 0 Å². The Kier molecular flexibility index (Phi) is 9.09. The van der Waals surface area contributed by atoms with Gasteiger partial charge in [-0.05, 0) is 42.2 Å². The molecular weight excluding hydrogens is 379 g/mol. The van der Waals surface area contributed by atoms with Crippen molar-refractivity contribution in [3.63, 3.8) is 0 Å². The summed E-state index contributed by atoms with van der Waals surface area (Å²) in [5.41, 5.74) is 12.3. The van der Waals surface area contributed by atoms with E-state index in [9.17, 15) is 9.59 Å². The molecule has 0 saturated heterocycles. The lowest BCUT2D eigenvalue weighted by Gasteiger charge is -2.07. The van der Waals surface area contributed by atoms with Gasteiger partial charge in [-0.3, -0.25) is 9.59 Å². The second-order valence-electron chi connectivity index (χ2n) is 5.52. The highest BCUT2D eigenvalue weighted by molar-refractivity contribution is 6.31. The average molecular weight is 399 g/mol. The van der Waals surface area contributed by atoms with Crippen molar-refractivity contribution >= 4 is 35.1 Å². The molecule has 6 N–H and O–H groups in total. The summed E-state index contributed by atoms with van der Waals surface area (Å²) in [6.45, 7) is 0. The number of benzene rings is 2. The van der Waals surface area contributed by atoms with Crippen LogP contribution in [0.5, 0.6) is 0 Å². The van der Waals surface area contributed by atoms with E-state index < -0.39 is 24.0 Å². The van der Waals surface area contributed by atoms with Crippen LogP contribution in [0.15, 0.2) is 48.5 Å². The Morgan fingerprint density at radius 2 is 1.46 bits per heavy atom. The van der Waals surface area contributed by atoms with E-state index in [4.69, 9.17) is 44.9 Å². The van der Waals surface area contributed by atoms with E-state index in [-0.39, 0.29) is 6.42 Å². The van der Waals surface area contributed by atoms with Crippen LogP contribution in [0.2, 0.25) is 10.0 Å². The maximum absolute atomic E-state index is 10.4. The number of carbonyl (C=O) groups is 2. The van der Waals surface area contributed by atoms with Crippen molar-refractivity contribution in [2.75, 3.05) is 0 Å². The zero-order valence-electron chi connectivity index (χ0n) is 13.8. The van der Waals surface area contributed by atoms with Crippen molar-refractivity contribution in [1.29, 1.82) is 0 Å². The van der Waals surface area contributed by atoms with E-state index >= 15 is 0 Å². The quantitative estimate of drug-likeness (QED) is 0.592. The van der Waals surface area contributed by atoms with Gasteiger partial charge in [0, 0.05) is 10.0 Å². The van der Waals surface area contributed by atoms with Crippen molar-refractivity contribution in [2.45, 2.75) is 24.9 Å². The number of carboxylic acid groups (broad SMARTS) is 2. The Bertz CT molecular complexity index is 755. The van der Waals surface area contributed by atoms with Crippen molar-refractivity contribution in [2.24, 2.45) is 11.5 Å². The first-order chi connectivity index (χ1) is 12.2. The topological polar surface area (TPSA) is 127 Å². The zero-order chi connectivity index (χ0) is 19.7. The largest absolute Gasteiger partial charge is 0.480 e. The van der Waals surface area contributed by atoms with Gasteiger partial charge in [0.2, 0.25) is 0 Å². The van der Waals surface area contributed by atoms with Crippen LogP contribution < -0.4 is 11.5 Å². The number of nitrogens with two attached hydrogens (primary N) is 2. The Balaban J connectivity index is 0.000000260. The number of hydrogen-bond donors (Lipinski definition) is 4. The minimum absolute atomic E-state index is 0.259. The third-order valence-corrected chi connectivity index (χ3v) is 3.98. The summed E-state index contributed by atoms with van der Waals surface area (Å²) in [5.74, 6) is -2.01. The second-order valence-corrected chi connectivity index (χ2v) is 6.36. The van der Waals surface area contributed by atoms with Crippen LogP contribution in [0.3, 0.4) is 0 Å². The van der Waals surface area contributed by atoms with Crippen LogP contribution in [0.1, 0.15) is 11.1 Å². The smallest absolute Gasteiger partial charge is 0.320 e. The molecule has 0 radical (unpaired) electrons. The summed E-state index contributed by atoms with van der Waals surface area (Å²) in [7, 11) is 0. The van der Waals surface area contributed by atoms with E-state index in [1.807, 2.05) is 0 Å². The lowest BCUT2D eigenvalue weighted by Crippen LogP contribution is -2.32. The van der Waals surface area contributed by atoms with Crippen molar-refractivity contribution in [3.8, 4) is 0 Å². The predicted octanol–water partition coefficient (Wildman–Crippen LogP) is 2.59. The molecular formula is C18H20Cl2N2O4. The minimum Gasteiger partial charge on any atom is -0.480 e. The third-order valence-electron chi connectivity index (χ3n) is 3.38. The fourth-order valence-electron chi connectivity index (χ4n) is 1.99. The second kappa shape index (κ2) is 10.8. The minimum atomic E-state index is -1.01. The summed E-state index contributed by atoms with van der Waals surface area (Å²) >= 11 is 11.5. The maximum Gasteiger partial charge on any atom is 0.320 e. The number of rotatable bonds is 6. The molecule has 0 spiro atoms. The molecule has 0 aliphatic heterocycles. The average Bonchev–Trinajstić information content (AvgIpc) is 2.57. The van der Waals surface area contributed by atoms with E-state index in [1.165, 1.54) is 0 Å². The van der Waals surface area contributed by atoms with E-state index in [2.05, 4.69) is 0 Å². The molecule has 0 heterocycles. The molecule has 6 nitrogen and oxygen atoms in total. The molecule has 0 unspecified atom stereocenters. The molecule has 0 aliphatic rings. The third kappa shape index (κ3) is 7.84. The van der Waals surface area contributed by atoms with Gasteiger partial charge in [0.15, 0.2) is 0 Å². The fourth-order valence-corrected chi connectivity index (χ4v) is 2.42. The Hall–Kier alpha value is -2.12.